The van der Waals surface area contributed by atoms with Crippen molar-refractivity contribution in [1.29, 1.82) is 0 Å². The second-order valence-corrected chi connectivity index (χ2v) is 14.3. The molecule has 0 aromatic heterocycles. The van der Waals surface area contributed by atoms with Crippen LogP contribution in [0.25, 0.3) is 17.2 Å². The van der Waals surface area contributed by atoms with E-state index in [1.807, 2.05) is 6.08 Å². The Morgan fingerprint density at radius 2 is 0.932 bits per heavy atom. The molecule has 0 fully saturated rings. The monoisotopic (exact) mass is 582 g/mol. The molecule has 1 aliphatic carbocycles. The first kappa shape index (κ1) is 32.0. The minimum Gasteiger partial charge on any atom is -0.0985 e. The molecule has 230 valence electrons. The Balaban J connectivity index is 2.07. The molecule has 0 saturated heterocycles. The summed E-state index contributed by atoms with van der Waals surface area (Å²) in [6.45, 7) is 29.9. The van der Waals surface area contributed by atoms with E-state index in [0.717, 1.165) is 25.7 Å². The Morgan fingerprint density at radius 1 is 0.523 bits per heavy atom. The van der Waals surface area contributed by atoms with Crippen LogP contribution in [-0.2, 0) is 16.2 Å². The van der Waals surface area contributed by atoms with Crippen LogP contribution in [-0.4, -0.2) is 0 Å². The molecule has 0 heterocycles. The number of hydrogen-bond acceptors (Lipinski definition) is 0. The van der Waals surface area contributed by atoms with E-state index in [1.54, 1.807) is 0 Å². The third kappa shape index (κ3) is 4.63. The van der Waals surface area contributed by atoms with Crippen LogP contribution in [0.3, 0.4) is 0 Å². The van der Waals surface area contributed by atoms with Gasteiger partial charge in [0.2, 0.25) is 0 Å². The maximum absolute atomic E-state index is 4.25. The van der Waals surface area contributed by atoms with Gasteiger partial charge in [-0.3, -0.25) is 0 Å². The van der Waals surface area contributed by atoms with Crippen molar-refractivity contribution in [2.75, 3.05) is 0 Å². The molecular formula is C44H54. The van der Waals surface area contributed by atoms with Gasteiger partial charge in [0.15, 0.2) is 0 Å². The molecule has 44 heavy (non-hydrogen) atoms. The SMILES string of the molecule is C=Cc1cc(C2(c3cc(C)c(C)cc3C)c3cc(C(C)(CC)CC)ccc3-c3ccc(C(C)(CC)CC)cc32)c(C)cc1C. The highest BCUT2D eigenvalue weighted by atomic mass is 14.5. The lowest BCUT2D eigenvalue weighted by atomic mass is 9.63. The van der Waals surface area contributed by atoms with E-state index in [0.29, 0.717) is 0 Å². The number of aryl methyl sites for hydroxylation is 5. The first-order valence-electron chi connectivity index (χ1n) is 17.0. The zero-order valence-electron chi connectivity index (χ0n) is 29.4. The predicted octanol–water partition coefficient (Wildman–Crippen LogP) is 12.4. The average molecular weight is 583 g/mol. The molecule has 0 spiro atoms. The van der Waals surface area contributed by atoms with Crippen molar-refractivity contribution < 1.29 is 0 Å². The van der Waals surface area contributed by atoms with Crippen LogP contribution in [0.5, 0.6) is 0 Å². The van der Waals surface area contributed by atoms with Gasteiger partial charge in [-0.1, -0.05) is 109 Å². The molecule has 4 aromatic rings. The number of rotatable bonds is 9. The van der Waals surface area contributed by atoms with Gasteiger partial charge in [0.25, 0.3) is 0 Å². The fourth-order valence-corrected chi connectivity index (χ4v) is 7.97. The highest BCUT2D eigenvalue weighted by Gasteiger charge is 2.49. The van der Waals surface area contributed by atoms with E-state index in [4.69, 9.17) is 0 Å². The van der Waals surface area contributed by atoms with E-state index < -0.39 is 5.41 Å². The Labute approximate surface area is 268 Å². The normalized spacial score (nSPS) is 14.0. The third-order valence-corrected chi connectivity index (χ3v) is 12.1. The van der Waals surface area contributed by atoms with Crippen LogP contribution in [0.1, 0.15) is 134 Å². The van der Waals surface area contributed by atoms with Gasteiger partial charge < -0.3 is 0 Å². The topological polar surface area (TPSA) is 0 Å². The zero-order chi connectivity index (χ0) is 32.2. The van der Waals surface area contributed by atoms with Crippen LogP contribution in [0.4, 0.5) is 0 Å². The molecule has 5 rings (SSSR count). The molecule has 0 atom stereocenters. The van der Waals surface area contributed by atoms with Gasteiger partial charge in [0.05, 0.1) is 5.41 Å². The van der Waals surface area contributed by atoms with E-state index in [9.17, 15) is 0 Å². The van der Waals surface area contributed by atoms with Crippen LogP contribution in [0.2, 0.25) is 0 Å². The lowest BCUT2D eigenvalue weighted by molar-refractivity contribution is 0.437. The molecule has 1 aliphatic rings. The number of benzene rings is 4. The summed E-state index contributed by atoms with van der Waals surface area (Å²) in [5, 5.41) is 0. The summed E-state index contributed by atoms with van der Waals surface area (Å²) in [6, 6.07) is 24.7. The van der Waals surface area contributed by atoms with Gasteiger partial charge in [0.1, 0.15) is 0 Å². The van der Waals surface area contributed by atoms with Gasteiger partial charge in [0, 0.05) is 0 Å². The van der Waals surface area contributed by atoms with Gasteiger partial charge in [-0.05, 0) is 155 Å². The van der Waals surface area contributed by atoms with Gasteiger partial charge in [-0.2, -0.15) is 0 Å². The minimum absolute atomic E-state index is 0.122. The Kier molecular flexibility index (Phi) is 8.39. The number of hydrogen-bond donors (Lipinski definition) is 0. The molecule has 0 aliphatic heterocycles. The Hall–Kier alpha value is -3.38. The van der Waals surface area contributed by atoms with Crippen LogP contribution >= 0.6 is 0 Å². The second kappa shape index (κ2) is 11.5. The van der Waals surface area contributed by atoms with E-state index in [1.165, 1.54) is 77.9 Å². The molecule has 0 bridgehead atoms. The average Bonchev–Trinajstić information content (AvgIpc) is 3.31. The van der Waals surface area contributed by atoms with Crippen molar-refractivity contribution in [1.82, 2.24) is 0 Å². The van der Waals surface area contributed by atoms with Crippen molar-refractivity contribution in [2.45, 2.75) is 118 Å². The highest BCUT2D eigenvalue weighted by molar-refractivity contribution is 5.88. The third-order valence-electron chi connectivity index (χ3n) is 12.1. The maximum atomic E-state index is 4.25. The molecule has 0 nitrogen and oxygen atoms in total. The summed E-state index contributed by atoms with van der Waals surface area (Å²) in [6.07, 6.45) is 6.50. The standard InChI is InChI=1S/C44H54/c1-13-33-25-39(32(10)23-30(33)8)44(38-24-29(7)28(6)22-31(38)9)40-26-34(42(11,14-2)15-3)18-20-36(40)37-21-19-35(27-41(37)44)43(12,16-4)17-5/h13,18-27H,1,14-17H2,2-12H3. The lowest BCUT2D eigenvalue weighted by Crippen LogP contribution is -2.32. The maximum Gasteiger partial charge on any atom is 0.0719 e. The van der Waals surface area contributed by atoms with E-state index in [-0.39, 0.29) is 10.8 Å². The molecule has 0 radical (unpaired) electrons. The zero-order valence-corrected chi connectivity index (χ0v) is 29.4. The van der Waals surface area contributed by atoms with Crippen molar-refractivity contribution >= 4 is 6.08 Å². The molecule has 0 saturated carbocycles. The lowest BCUT2D eigenvalue weighted by Gasteiger charge is -2.39. The molecule has 0 amide bonds. The predicted molar refractivity (Wildman–Crippen MR) is 193 cm³/mol. The van der Waals surface area contributed by atoms with Gasteiger partial charge in [-0.15, -0.1) is 0 Å². The molecule has 4 aromatic carbocycles. The summed E-state index contributed by atoms with van der Waals surface area (Å²) in [5.74, 6) is 0. The van der Waals surface area contributed by atoms with Gasteiger partial charge in [-0.25, -0.2) is 0 Å². The summed E-state index contributed by atoms with van der Waals surface area (Å²) >= 11 is 0. The second-order valence-electron chi connectivity index (χ2n) is 14.3. The molecule has 0 heteroatoms. The van der Waals surface area contributed by atoms with Gasteiger partial charge >= 0.3 is 0 Å². The van der Waals surface area contributed by atoms with Crippen molar-refractivity contribution in [3.8, 4) is 11.1 Å². The Morgan fingerprint density at radius 3 is 1.36 bits per heavy atom. The quantitative estimate of drug-likeness (QED) is 0.162. The summed E-state index contributed by atoms with van der Waals surface area (Å²) in [4.78, 5) is 0. The van der Waals surface area contributed by atoms with E-state index >= 15 is 0 Å². The molecule has 0 N–H and O–H groups in total. The fraction of sp³-hybridized carbons (Fsp3) is 0.409. The minimum atomic E-state index is -0.445. The fourth-order valence-electron chi connectivity index (χ4n) is 7.97. The Bertz CT molecular complexity index is 1670. The first-order chi connectivity index (χ1) is 20.8. The van der Waals surface area contributed by atoms with Crippen LogP contribution in [0.15, 0.2) is 67.2 Å². The smallest absolute Gasteiger partial charge is 0.0719 e. The van der Waals surface area contributed by atoms with Crippen molar-refractivity contribution in [2.24, 2.45) is 0 Å². The van der Waals surface area contributed by atoms with Crippen LogP contribution in [0, 0.1) is 34.6 Å². The van der Waals surface area contributed by atoms with Crippen LogP contribution < -0.4 is 0 Å². The highest BCUT2D eigenvalue weighted by Crippen LogP contribution is 2.59. The van der Waals surface area contributed by atoms with Crippen molar-refractivity contribution in [3.63, 3.8) is 0 Å². The van der Waals surface area contributed by atoms with Crippen molar-refractivity contribution in [3.05, 3.63) is 134 Å². The molecular weight excluding hydrogens is 528 g/mol. The molecule has 0 unspecified atom stereocenters. The number of fused-ring (bicyclic) bond motifs is 3. The largest absolute Gasteiger partial charge is 0.0985 e. The van der Waals surface area contributed by atoms with E-state index in [2.05, 4.69) is 143 Å². The summed E-state index contributed by atoms with van der Waals surface area (Å²) in [5.41, 5.74) is 19.0. The summed E-state index contributed by atoms with van der Waals surface area (Å²) < 4.78 is 0. The summed E-state index contributed by atoms with van der Waals surface area (Å²) in [7, 11) is 0. The first-order valence-corrected chi connectivity index (χ1v) is 17.0.